The summed E-state index contributed by atoms with van der Waals surface area (Å²) in [4.78, 5) is 13.2. The van der Waals surface area contributed by atoms with Gasteiger partial charge >= 0.3 is 0 Å². The molecule has 0 atom stereocenters. The van der Waals surface area contributed by atoms with Crippen molar-refractivity contribution in [1.29, 1.82) is 0 Å². The molecule has 98 valence electrons. The van der Waals surface area contributed by atoms with Crippen molar-refractivity contribution in [2.24, 2.45) is 0 Å². The second-order valence-corrected chi connectivity index (χ2v) is 5.08. The highest BCUT2D eigenvalue weighted by Gasteiger charge is 2.11. The first kappa shape index (κ1) is 13.5. The first-order valence-corrected chi connectivity index (χ1v) is 7.07. The Balaban J connectivity index is 2.18. The molecule has 0 aliphatic rings. The zero-order valence-corrected chi connectivity index (χ0v) is 11.6. The topological polar surface area (TPSA) is 49.3 Å². The number of nitrogens with one attached hydrogen (secondary N) is 1. The number of amides is 1. The molecule has 0 saturated carbocycles. The Morgan fingerprint density at radius 1 is 1.16 bits per heavy atom. The summed E-state index contributed by atoms with van der Waals surface area (Å²) in [5, 5.41) is 12.5. The molecular formula is C15H15NO2S. The highest BCUT2D eigenvalue weighted by Crippen LogP contribution is 2.21. The van der Waals surface area contributed by atoms with Crippen LogP contribution in [0.2, 0.25) is 0 Å². The third-order valence-electron chi connectivity index (χ3n) is 2.74. The van der Waals surface area contributed by atoms with Gasteiger partial charge in [0.05, 0.1) is 5.56 Å². The lowest BCUT2D eigenvalue weighted by Crippen LogP contribution is -2.12. The van der Waals surface area contributed by atoms with E-state index in [1.54, 1.807) is 23.9 Å². The van der Waals surface area contributed by atoms with Gasteiger partial charge in [0.15, 0.2) is 0 Å². The van der Waals surface area contributed by atoms with Crippen molar-refractivity contribution in [2.75, 3.05) is 11.6 Å². The highest BCUT2D eigenvalue weighted by atomic mass is 32.2. The first-order chi connectivity index (χ1) is 9.10. The van der Waals surface area contributed by atoms with E-state index in [2.05, 4.69) is 5.32 Å². The number of hydrogen-bond acceptors (Lipinski definition) is 3. The number of aromatic hydroxyl groups is 1. The predicted molar refractivity (Wildman–Crippen MR) is 79.0 cm³/mol. The Bertz CT molecular complexity index is 594. The van der Waals surface area contributed by atoms with Crippen LogP contribution >= 0.6 is 11.8 Å². The molecule has 4 heteroatoms. The van der Waals surface area contributed by atoms with Crippen LogP contribution in [0.5, 0.6) is 5.75 Å². The van der Waals surface area contributed by atoms with E-state index >= 15 is 0 Å². The molecular weight excluding hydrogens is 258 g/mol. The molecule has 0 saturated heterocycles. The highest BCUT2D eigenvalue weighted by molar-refractivity contribution is 7.98. The summed E-state index contributed by atoms with van der Waals surface area (Å²) in [5.74, 6) is -0.318. The number of phenolic OH excluding ortho intramolecular Hbond substituents is 1. The van der Waals surface area contributed by atoms with E-state index in [4.69, 9.17) is 0 Å². The lowest BCUT2D eigenvalue weighted by atomic mass is 10.1. The van der Waals surface area contributed by atoms with Gasteiger partial charge in [-0.05, 0) is 49.6 Å². The van der Waals surface area contributed by atoms with Crippen molar-refractivity contribution in [3.05, 3.63) is 53.6 Å². The zero-order valence-electron chi connectivity index (χ0n) is 10.8. The monoisotopic (exact) mass is 273 g/mol. The standard InChI is InChI=1S/C15H15NO2S/c1-10-3-8-14(17)13(9-10)15(18)16-11-4-6-12(19-2)7-5-11/h3-9,17H,1-2H3,(H,16,18). The summed E-state index contributed by atoms with van der Waals surface area (Å²) in [6.45, 7) is 1.88. The van der Waals surface area contributed by atoms with Gasteiger partial charge < -0.3 is 10.4 Å². The number of rotatable bonds is 3. The average molecular weight is 273 g/mol. The molecule has 0 aliphatic carbocycles. The summed E-state index contributed by atoms with van der Waals surface area (Å²) in [7, 11) is 0. The number of carbonyl (C=O) groups excluding carboxylic acids is 1. The SMILES string of the molecule is CSc1ccc(NC(=O)c2cc(C)ccc2O)cc1. The molecule has 0 aliphatic heterocycles. The minimum Gasteiger partial charge on any atom is -0.507 e. The van der Waals surface area contributed by atoms with Crippen LogP contribution < -0.4 is 5.32 Å². The molecule has 1 amide bonds. The number of carbonyl (C=O) groups is 1. The number of hydrogen-bond donors (Lipinski definition) is 2. The number of anilines is 1. The van der Waals surface area contributed by atoms with Crippen molar-refractivity contribution in [3.63, 3.8) is 0 Å². The summed E-state index contributed by atoms with van der Waals surface area (Å²) < 4.78 is 0. The summed E-state index contributed by atoms with van der Waals surface area (Å²) in [5.41, 5.74) is 1.93. The van der Waals surface area contributed by atoms with Crippen LogP contribution in [0.25, 0.3) is 0 Å². The summed E-state index contributed by atoms with van der Waals surface area (Å²) >= 11 is 1.64. The number of phenols is 1. The fourth-order valence-corrected chi connectivity index (χ4v) is 2.11. The Kier molecular flexibility index (Phi) is 4.12. The molecule has 2 aromatic rings. The van der Waals surface area contributed by atoms with Gasteiger partial charge in [-0.2, -0.15) is 0 Å². The second-order valence-electron chi connectivity index (χ2n) is 4.20. The van der Waals surface area contributed by atoms with E-state index < -0.39 is 0 Å². The lowest BCUT2D eigenvalue weighted by Gasteiger charge is -2.08. The van der Waals surface area contributed by atoms with Crippen LogP contribution in [0.1, 0.15) is 15.9 Å². The second kappa shape index (κ2) is 5.80. The Morgan fingerprint density at radius 3 is 2.47 bits per heavy atom. The maximum Gasteiger partial charge on any atom is 0.259 e. The maximum atomic E-state index is 12.1. The third kappa shape index (κ3) is 3.29. The van der Waals surface area contributed by atoms with Gasteiger partial charge in [0.2, 0.25) is 0 Å². The third-order valence-corrected chi connectivity index (χ3v) is 3.49. The molecule has 2 N–H and O–H groups in total. The van der Waals surface area contributed by atoms with Gasteiger partial charge in [0.25, 0.3) is 5.91 Å². The van der Waals surface area contributed by atoms with Gasteiger partial charge in [-0.25, -0.2) is 0 Å². The molecule has 0 bridgehead atoms. The van der Waals surface area contributed by atoms with Gasteiger partial charge in [0, 0.05) is 10.6 Å². The van der Waals surface area contributed by atoms with Crippen molar-refractivity contribution in [2.45, 2.75) is 11.8 Å². The van der Waals surface area contributed by atoms with E-state index in [9.17, 15) is 9.90 Å². The summed E-state index contributed by atoms with van der Waals surface area (Å²) in [6.07, 6.45) is 2.00. The molecule has 0 radical (unpaired) electrons. The quantitative estimate of drug-likeness (QED) is 0.839. The number of thioether (sulfide) groups is 1. The fourth-order valence-electron chi connectivity index (χ4n) is 1.70. The van der Waals surface area contributed by atoms with Crippen LogP contribution in [0.4, 0.5) is 5.69 Å². The Hall–Kier alpha value is -1.94. The molecule has 0 heterocycles. The van der Waals surface area contributed by atoms with Crippen molar-refractivity contribution in [1.82, 2.24) is 0 Å². The predicted octanol–water partition coefficient (Wildman–Crippen LogP) is 3.67. The molecule has 0 fully saturated rings. The fraction of sp³-hybridized carbons (Fsp3) is 0.133. The Morgan fingerprint density at radius 2 is 1.84 bits per heavy atom. The zero-order chi connectivity index (χ0) is 13.8. The maximum absolute atomic E-state index is 12.1. The summed E-state index contributed by atoms with van der Waals surface area (Å²) in [6, 6.07) is 12.5. The van der Waals surface area contributed by atoms with Gasteiger partial charge in [-0.15, -0.1) is 11.8 Å². The van der Waals surface area contributed by atoms with Crippen molar-refractivity contribution >= 4 is 23.4 Å². The van der Waals surface area contributed by atoms with Gasteiger partial charge in [0.1, 0.15) is 5.75 Å². The van der Waals surface area contributed by atoms with E-state index in [0.29, 0.717) is 5.69 Å². The molecule has 0 spiro atoms. The van der Waals surface area contributed by atoms with Crippen molar-refractivity contribution < 1.29 is 9.90 Å². The lowest BCUT2D eigenvalue weighted by molar-refractivity contribution is 0.102. The van der Waals surface area contributed by atoms with Crippen molar-refractivity contribution in [3.8, 4) is 5.75 Å². The molecule has 0 aromatic heterocycles. The number of aryl methyl sites for hydroxylation is 1. The van der Waals surface area contributed by atoms with Crippen LogP contribution in [-0.4, -0.2) is 17.3 Å². The molecule has 2 aromatic carbocycles. The van der Waals surface area contributed by atoms with E-state index in [1.165, 1.54) is 6.07 Å². The average Bonchev–Trinajstić information content (AvgIpc) is 2.42. The van der Waals surface area contributed by atoms with E-state index in [1.807, 2.05) is 37.4 Å². The van der Waals surface area contributed by atoms with Gasteiger partial charge in [-0.1, -0.05) is 11.6 Å². The van der Waals surface area contributed by atoms with Crippen LogP contribution in [0.3, 0.4) is 0 Å². The van der Waals surface area contributed by atoms with Crippen LogP contribution in [0.15, 0.2) is 47.4 Å². The first-order valence-electron chi connectivity index (χ1n) is 5.85. The molecule has 3 nitrogen and oxygen atoms in total. The van der Waals surface area contributed by atoms with Crippen LogP contribution in [0, 0.1) is 6.92 Å². The smallest absolute Gasteiger partial charge is 0.259 e. The normalized spacial score (nSPS) is 10.2. The van der Waals surface area contributed by atoms with E-state index in [-0.39, 0.29) is 17.2 Å². The molecule has 2 rings (SSSR count). The largest absolute Gasteiger partial charge is 0.507 e. The number of benzene rings is 2. The van der Waals surface area contributed by atoms with E-state index in [0.717, 1.165) is 10.5 Å². The minimum atomic E-state index is -0.307. The molecule has 19 heavy (non-hydrogen) atoms. The van der Waals surface area contributed by atoms with Gasteiger partial charge in [-0.3, -0.25) is 4.79 Å². The minimum absolute atomic E-state index is 0.0103. The van der Waals surface area contributed by atoms with Crippen LogP contribution in [-0.2, 0) is 0 Å². The Labute approximate surface area is 116 Å². The molecule has 0 unspecified atom stereocenters.